The lowest BCUT2D eigenvalue weighted by Gasteiger charge is -2.13. The third kappa shape index (κ3) is 2.81. The van der Waals surface area contributed by atoms with E-state index in [1.165, 1.54) is 0 Å². The van der Waals surface area contributed by atoms with Crippen LogP contribution in [-0.2, 0) is 13.6 Å². The number of rotatable bonds is 3. The first-order chi connectivity index (χ1) is 13.1. The predicted molar refractivity (Wildman–Crippen MR) is 105 cm³/mol. The molecular weight excluding hydrogens is 336 g/mol. The molecule has 132 valence electrons. The minimum atomic E-state index is -0.114. The molecule has 5 nitrogen and oxygen atoms in total. The molecule has 0 bridgehead atoms. The number of nitrogens with zero attached hydrogens (tertiary/aromatic N) is 4. The molecule has 0 fully saturated rings. The maximum Gasteiger partial charge on any atom is 0.253 e. The first-order valence-electron chi connectivity index (χ1n) is 8.70. The number of pyridine rings is 1. The van der Waals surface area contributed by atoms with Crippen LogP contribution in [0.5, 0.6) is 0 Å². The topological polar surface area (TPSA) is 63.6 Å². The molecule has 2 aromatic carbocycles. The van der Waals surface area contributed by atoms with Crippen molar-refractivity contribution in [3.63, 3.8) is 0 Å². The van der Waals surface area contributed by atoms with E-state index in [9.17, 15) is 10.1 Å². The summed E-state index contributed by atoms with van der Waals surface area (Å²) in [6.45, 7) is 2.28. The summed E-state index contributed by atoms with van der Waals surface area (Å²) in [7, 11) is 1.84. The Labute approximate surface area is 156 Å². The van der Waals surface area contributed by atoms with Gasteiger partial charge in [-0.2, -0.15) is 10.4 Å². The van der Waals surface area contributed by atoms with Crippen LogP contribution in [0.3, 0.4) is 0 Å². The molecule has 0 saturated heterocycles. The number of benzene rings is 2. The third-order valence-electron chi connectivity index (χ3n) is 4.80. The minimum Gasteiger partial charge on any atom is -0.288 e. The first-order valence-corrected chi connectivity index (χ1v) is 8.70. The van der Waals surface area contributed by atoms with E-state index in [1.807, 2.05) is 62.5 Å². The van der Waals surface area contributed by atoms with E-state index >= 15 is 0 Å². The Bertz CT molecular complexity index is 1240. The van der Waals surface area contributed by atoms with E-state index in [4.69, 9.17) is 0 Å². The summed E-state index contributed by atoms with van der Waals surface area (Å²) in [6, 6.07) is 21.1. The second kappa shape index (κ2) is 6.58. The number of hydrogen-bond donors (Lipinski definition) is 0. The fourth-order valence-electron chi connectivity index (χ4n) is 3.58. The van der Waals surface area contributed by atoms with E-state index in [-0.39, 0.29) is 5.56 Å². The molecule has 0 aliphatic carbocycles. The Morgan fingerprint density at radius 3 is 2.52 bits per heavy atom. The number of hydrogen-bond acceptors (Lipinski definition) is 3. The van der Waals surface area contributed by atoms with Gasteiger partial charge in [-0.1, -0.05) is 48.5 Å². The van der Waals surface area contributed by atoms with Gasteiger partial charge in [-0.3, -0.25) is 14.0 Å². The van der Waals surface area contributed by atoms with Gasteiger partial charge in [0.1, 0.15) is 5.65 Å². The Kier molecular flexibility index (Phi) is 4.09. The molecule has 2 heterocycles. The molecule has 0 N–H and O–H groups in total. The summed E-state index contributed by atoms with van der Waals surface area (Å²) >= 11 is 0. The lowest BCUT2D eigenvalue weighted by Crippen LogP contribution is -2.22. The maximum absolute atomic E-state index is 13.0. The first kappa shape index (κ1) is 16.8. The van der Waals surface area contributed by atoms with Crippen LogP contribution in [0.4, 0.5) is 0 Å². The van der Waals surface area contributed by atoms with Crippen LogP contribution in [-0.4, -0.2) is 14.3 Å². The zero-order valence-electron chi connectivity index (χ0n) is 15.2. The summed E-state index contributed by atoms with van der Waals surface area (Å²) in [5.74, 6) is 0. The molecule has 0 spiro atoms. The smallest absolute Gasteiger partial charge is 0.253 e. The highest BCUT2D eigenvalue weighted by atomic mass is 16.1. The van der Waals surface area contributed by atoms with Gasteiger partial charge in [0.05, 0.1) is 23.9 Å². The summed E-state index contributed by atoms with van der Waals surface area (Å²) < 4.78 is 3.44. The van der Waals surface area contributed by atoms with Crippen LogP contribution in [0, 0.1) is 18.3 Å². The van der Waals surface area contributed by atoms with Crippen LogP contribution in [0.15, 0.2) is 65.5 Å². The van der Waals surface area contributed by atoms with Crippen molar-refractivity contribution in [1.82, 2.24) is 14.3 Å². The Morgan fingerprint density at radius 1 is 1.07 bits per heavy atom. The molecular formula is C22H18N4O. The number of nitriles is 1. The standard InChI is InChI=1S/C22H18N4O/c1-15-21-19(16-8-4-3-5-9-16)12-20(27)26(22(21)25(2)24-15)14-18-11-7-6-10-17(18)13-23/h3-12H,14H2,1-2H3. The van der Waals surface area contributed by atoms with Crippen LogP contribution in [0.25, 0.3) is 22.2 Å². The maximum atomic E-state index is 13.0. The van der Waals surface area contributed by atoms with Gasteiger partial charge in [-0.15, -0.1) is 0 Å². The van der Waals surface area contributed by atoms with E-state index in [0.717, 1.165) is 33.4 Å². The van der Waals surface area contributed by atoms with Crippen molar-refractivity contribution in [2.24, 2.45) is 7.05 Å². The summed E-state index contributed by atoms with van der Waals surface area (Å²) in [6.07, 6.45) is 0. The predicted octanol–water partition coefficient (Wildman–Crippen LogP) is 3.63. The minimum absolute atomic E-state index is 0.114. The summed E-state index contributed by atoms with van der Waals surface area (Å²) in [5, 5.41) is 14.9. The van der Waals surface area contributed by atoms with Gasteiger partial charge in [-0.05, 0) is 29.7 Å². The highest BCUT2D eigenvalue weighted by molar-refractivity contribution is 5.95. The molecule has 0 atom stereocenters. The Balaban J connectivity index is 2.00. The number of aromatic nitrogens is 3. The number of aryl methyl sites for hydroxylation is 2. The lowest BCUT2D eigenvalue weighted by atomic mass is 10.0. The SMILES string of the molecule is Cc1nn(C)c2c1c(-c1ccccc1)cc(=O)n2Cc1ccccc1C#N. The average molecular weight is 354 g/mol. The molecule has 0 unspecified atom stereocenters. The van der Waals surface area contributed by atoms with Gasteiger partial charge in [-0.25, -0.2) is 0 Å². The molecule has 0 amide bonds. The van der Waals surface area contributed by atoms with E-state index in [0.29, 0.717) is 12.1 Å². The van der Waals surface area contributed by atoms with Gasteiger partial charge in [0.2, 0.25) is 0 Å². The number of fused-ring (bicyclic) bond motifs is 1. The normalized spacial score (nSPS) is 10.9. The van der Waals surface area contributed by atoms with E-state index in [2.05, 4.69) is 11.2 Å². The van der Waals surface area contributed by atoms with E-state index < -0.39 is 0 Å². The lowest BCUT2D eigenvalue weighted by molar-refractivity contribution is 0.709. The molecule has 0 saturated carbocycles. The fourth-order valence-corrected chi connectivity index (χ4v) is 3.58. The molecule has 4 aromatic rings. The van der Waals surface area contributed by atoms with Crippen molar-refractivity contribution in [2.75, 3.05) is 0 Å². The van der Waals surface area contributed by atoms with Crippen LogP contribution >= 0.6 is 0 Å². The zero-order chi connectivity index (χ0) is 19.0. The Hall–Kier alpha value is -3.65. The van der Waals surface area contributed by atoms with Gasteiger partial charge in [0.15, 0.2) is 0 Å². The van der Waals surface area contributed by atoms with Crippen molar-refractivity contribution in [2.45, 2.75) is 13.5 Å². The van der Waals surface area contributed by atoms with E-state index in [1.54, 1.807) is 21.4 Å². The van der Waals surface area contributed by atoms with Gasteiger partial charge in [0, 0.05) is 18.5 Å². The van der Waals surface area contributed by atoms with Crippen LogP contribution in [0.2, 0.25) is 0 Å². The molecule has 27 heavy (non-hydrogen) atoms. The summed E-state index contributed by atoms with van der Waals surface area (Å²) in [4.78, 5) is 13.0. The van der Waals surface area contributed by atoms with Gasteiger partial charge < -0.3 is 0 Å². The largest absolute Gasteiger partial charge is 0.288 e. The monoisotopic (exact) mass is 354 g/mol. The van der Waals surface area contributed by atoms with Gasteiger partial charge in [0.25, 0.3) is 5.56 Å². The average Bonchev–Trinajstić information content (AvgIpc) is 2.99. The second-order valence-electron chi connectivity index (χ2n) is 6.52. The molecule has 0 aliphatic rings. The molecule has 2 aromatic heterocycles. The third-order valence-corrected chi connectivity index (χ3v) is 4.80. The van der Waals surface area contributed by atoms with Crippen LogP contribution in [0.1, 0.15) is 16.8 Å². The molecule has 0 radical (unpaired) electrons. The highest BCUT2D eigenvalue weighted by Gasteiger charge is 2.18. The Morgan fingerprint density at radius 2 is 1.78 bits per heavy atom. The zero-order valence-corrected chi connectivity index (χ0v) is 15.2. The van der Waals surface area contributed by atoms with Gasteiger partial charge >= 0.3 is 0 Å². The van der Waals surface area contributed by atoms with Crippen molar-refractivity contribution < 1.29 is 0 Å². The van der Waals surface area contributed by atoms with Crippen molar-refractivity contribution in [3.8, 4) is 17.2 Å². The van der Waals surface area contributed by atoms with Crippen molar-refractivity contribution >= 4 is 11.0 Å². The highest BCUT2D eigenvalue weighted by Crippen LogP contribution is 2.29. The molecule has 0 aliphatic heterocycles. The van der Waals surface area contributed by atoms with Crippen molar-refractivity contribution in [1.29, 1.82) is 5.26 Å². The molecule has 5 heteroatoms. The van der Waals surface area contributed by atoms with Crippen LogP contribution < -0.4 is 5.56 Å². The quantitative estimate of drug-likeness (QED) is 0.564. The molecule has 4 rings (SSSR count). The summed E-state index contributed by atoms with van der Waals surface area (Å²) in [5.41, 5.74) is 4.77. The second-order valence-corrected chi connectivity index (χ2v) is 6.52. The van der Waals surface area contributed by atoms with Crippen molar-refractivity contribution in [3.05, 3.63) is 87.8 Å². The fraction of sp³-hybridized carbons (Fsp3) is 0.136.